The normalized spacial score (nSPS) is 17.9. The maximum Gasteiger partial charge on any atom is 0.251 e. The Morgan fingerprint density at radius 3 is 2.29 bits per heavy atom. The van der Waals surface area contributed by atoms with Crippen molar-refractivity contribution in [1.82, 2.24) is 10.6 Å². The quantitative estimate of drug-likeness (QED) is 0.581. The summed E-state index contributed by atoms with van der Waals surface area (Å²) in [5.41, 5.74) is 1.72. The first kappa shape index (κ1) is 21.4. The van der Waals surface area contributed by atoms with E-state index in [-0.39, 0.29) is 23.0 Å². The van der Waals surface area contributed by atoms with Crippen molar-refractivity contribution in [3.63, 3.8) is 0 Å². The lowest BCUT2D eigenvalue weighted by atomic mass is 9.79. The van der Waals surface area contributed by atoms with E-state index >= 15 is 0 Å². The van der Waals surface area contributed by atoms with Crippen molar-refractivity contribution in [3.8, 4) is 5.75 Å². The van der Waals surface area contributed by atoms with Gasteiger partial charge in [-0.3, -0.25) is 4.79 Å². The molecule has 1 amide bonds. The standard InChI is InChI=1S/C27H32N2O2/c1-26(2)16-22(17-27(3,4)29-26)28-25(30)21-14-12-19(13-15-21)18-31-24-11-7-9-20-8-5-6-10-23(20)24/h5-15,22,29H,16-18H2,1-4H3,(H,28,30). The number of benzene rings is 3. The molecule has 0 aromatic heterocycles. The first-order valence-corrected chi connectivity index (χ1v) is 11.0. The molecule has 0 atom stereocenters. The van der Waals surface area contributed by atoms with Crippen LogP contribution in [0.15, 0.2) is 66.7 Å². The molecule has 0 aliphatic carbocycles. The van der Waals surface area contributed by atoms with Crippen LogP contribution >= 0.6 is 0 Å². The van der Waals surface area contributed by atoms with Gasteiger partial charge in [0.25, 0.3) is 5.91 Å². The molecular formula is C27H32N2O2. The molecule has 162 valence electrons. The summed E-state index contributed by atoms with van der Waals surface area (Å²) in [7, 11) is 0. The molecule has 3 aromatic rings. The summed E-state index contributed by atoms with van der Waals surface area (Å²) in [6, 6.07) is 22.2. The average molecular weight is 417 g/mol. The van der Waals surface area contributed by atoms with E-state index in [1.54, 1.807) is 0 Å². The van der Waals surface area contributed by atoms with Crippen LogP contribution in [0.5, 0.6) is 5.75 Å². The number of carbonyl (C=O) groups excluding carboxylic acids is 1. The monoisotopic (exact) mass is 416 g/mol. The molecule has 1 aliphatic heterocycles. The maximum absolute atomic E-state index is 12.8. The number of fused-ring (bicyclic) bond motifs is 1. The van der Waals surface area contributed by atoms with Crippen molar-refractivity contribution in [3.05, 3.63) is 77.9 Å². The predicted molar refractivity (Wildman–Crippen MR) is 127 cm³/mol. The van der Waals surface area contributed by atoms with Crippen LogP contribution < -0.4 is 15.4 Å². The van der Waals surface area contributed by atoms with Crippen molar-refractivity contribution < 1.29 is 9.53 Å². The van der Waals surface area contributed by atoms with Gasteiger partial charge in [-0.25, -0.2) is 0 Å². The topological polar surface area (TPSA) is 50.4 Å². The van der Waals surface area contributed by atoms with Crippen LogP contribution in [0.4, 0.5) is 0 Å². The van der Waals surface area contributed by atoms with Gasteiger partial charge in [-0.05, 0) is 69.7 Å². The van der Waals surface area contributed by atoms with Gasteiger partial charge in [0, 0.05) is 28.1 Å². The Kier molecular flexibility index (Phi) is 5.76. The van der Waals surface area contributed by atoms with Crippen LogP contribution in [0.1, 0.15) is 56.5 Å². The summed E-state index contributed by atoms with van der Waals surface area (Å²) in [5.74, 6) is 0.857. The van der Waals surface area contributed by atoms with Crippen molar-refractivity contribution >= 4 is 16.7 Å². The molecule has 0 unspecified atom stereocenters. The lowest BCUT2D eigenvalue weighted by molar-refractivity contribution is 0.0873. The van der Waals surface area contributed by atoms with Gasteiger partial charge < -0.3 is 15.4 Å². The highest BCUT2D eigenvalue weighted by Gasteiger charge is 2.38. The molecule has 4 heteroatoms. The SMILES string of the molecule is CC1(C)CC(NC(=O)c2ccc(COc3cccc4ccccc34)cc2)CC(C)(C)N1. The van der Waals surface area contributed by atoms with E-state index in [1.807, 2.05) is 48.5 Å². The van der Waals surface area contributed by atoms with E-state index in [0.717, 1.165) is 34.9 Å². The van der Waals surface area contributed by atoms with Gasteiger partial charge in [0.1, 0.15) is 12.4 Å². The zero-order valence-electron chi connectivity index (χ0n) is 18.9. The molecule has 0 saturated carbocycles. The van der Waals surface area contributed by atoms with E-state index in [9.17, 15) is 4.79 Å². The fourth-order valence-electron chi connectivity index (χ4n) is 4.93. The highest BCUT2D eigenvalue weighted by molar-refractivity contribution is 5.94. The molecule has 1 aliphatic rings. The second-order valence-electron chi connectivity index (χ2n) is 9.93. The fraction of sp³-hybridized carbons (Fsp3) is 0.370. The smallest absolute Gasteiger partial charge is 0.251 e. The summed E-state index contributed by atoms with van der Waals surface area (Å²) in [6.07, 6.45) is 1.83. The summed E-state index contributed by atoms with van der Waals surface area (Å²) in [4.78, 5) is 12.8. The van der Waals surface area contributed by atoms with Gasteiger partial charge in [0.2, 0.25) is 0 Å². The van der Waals surface area contributed by atoms with Crippen molar-refractivity contribution in [1.29, 1.82) is 0 Å². The van der Waals surface area contributed by atoms with E-state index in [1.165, 1.54) is 0 Å². The minimum absolute atomic E-state index is 0.00248. The van der Waals surface area contributed by atoms with Gasteiger partial charge in [-0.15, -0.1) is 0 Å². The van der Waals surface area contributed by atoms with Crippen LogP contribution in [0, 0.1) is 0 Å². The van der Waals surface area contributed by atoms with E-state index in [4.69, 9.17) is 4.74 Å². The lowest BCUT2D eigenvalue weighted by Gasteiger charge is -2.46. The predicted octanol–water partition coefficient (Wildman–Crippen LogP) is 5.46. The van der Waals surface area contributed by atoms with Crippen LogP contribution in [0.2, 0.25) is 0 Å². The van der Waals surface area contributed by atoms with Gasteiger partial charge in [0.15, 0.2) is 0 Å². The van der Waals surface area contributed by atoms with Crippen LogP contribution in [0.25, 0.3) is 10.8 Å². The molecule has 3 aromatic carbocycles. The number of rotatable bonds is 5. The first-order valence-electron chi connectivity index (χ1n) is 11.0. The average Bonchev–Trinajstić information content (AvgIpc) is 2.70. The summed E-state index contributed by atoms with van der Waals surface area (Å²) in [5, 5.41) is 9.16. The van der Waals surface area contributed by atoms with Crippen molar-refractivity contribution in [2.45, 2.75) is 64.3 Å². The van der Waals surface area contributed by atoms with Gasteiger partial charge >= 0.3 is 0 Å². The highest BCUT2D eigenvalue weighted by Crippen LogP contribution is 2.29. The molecule has 4 rings (SSSR count). The molecule has 0 bridgehead atoms. The van der Waals surface area contributed by atoms with Crippen molar-refractivity contribution in [2.24, 2.45) is 0 Å². The van der Waals surface area contributed by atoms with Crippen molar-refractivity contribution in [2.75, 3.05) is 0 Å². The minimum Gasteiger partial charge on any atom is -0.488 e. The summed E-state index contributed by atoms with van der Waals surface area (Å²) < 4.78 is 6.07. The Bertz CT molecular complexity index is 1050. The summed E-state index contributed by atoms with van der Waals surface area (Å²) >= 11 is 0. The Morgan fingerprint density at radius 1 is 0.935 bits per heavy atom. The number of amides is 1. The van der Waals surface area contributed by atoms with E-state index in [2.05, 4.69) is 56.5 Å². The number of hydrogen-bond acceptors (Lipinski definition) is 3. The summed E-state index contributed by atoms with van der Waals surface area (Å²) in [6.45, 7) is 9.23. The molecule has 0 radical (unpaired) electrons. The molecule has 4 nitrogen and oxygen atoms in total. The molecule has 2 N–H and O–H groups in total. The van der Waals surface area contributed by atoms with E-state index in [0.29, 0.717) is 12.2 Å². The third-order valence-electron chi connectivity index (χ3n) is 5.89. The van der Waals surface area contributed by atoms with Gasteiger partial charge in [-0.2, -0.15) is 0 Å². The Hall–Kier alpha value is -2.85. The number of nitrogens with one attached hydrogen (secondary N) is 2. The Balaban J connectivity index is 1.38. The molecule has 0 spiro atoms. The molecule has 1 heterocycles. The number of carbonyl (C=O) groups is 1. The largest absolute Gasteiger partial charge is 0.488 e. The van der Waals surface area contributed by atoms with Crippen LogP contribution in [-0.4, -0.2) is 23.0 Å². The number of hydrogen-bond donors (Lipinski definition) is 2. The van der Waals surface area contributed by atoms with Crippen LogP contribution in [-0.2, 0) is 6.61 Å². The highest BCUT2D eigenvalue weighted by atomic mass is 16.5. The molecule has 31 heavy (non-hydrogen) atoms. The van der Waals surface area contributed by atoms with Crippen LogP contribution in [0.3, 0.4) is 0 Å². The third kappa shape index (κ3) is 5.26. The Morgan fingerprint density at radius 2 is 1.58 bits per heavy atom. The molecule has 1 saturated heterocycles. The van der Waals surface area contributed by atoms with Gasteiger partial charge in [0.05, 0.1) is 0 Å². The molecule has 1 fully saturated rings. The maximum atomic E-state index is 12.8. The third-order valence-corrected chi connectivity index (χ3v) is 5.89. The van der Waals surface area contributed by atoms with Gasteiger partial charge in [-0.1, -0.05) is 48.5 Å². The molecular weight excluding hydrogens is 384 g/mol. The zero-order valence-corrected chi connectivity index (χ0v) is 18.9. The lowest BCUT2D eigenvalue weighted by Crippen LogP contribution is -2.62. The second kappa shape index (κ2) is 8.35. The minimum atomic E-state index is -0.0139. The fourth-order valence-corrected chi connectivity index (χ4v) is 4.93. The number of ether oxygens (including phenoxy) is 1. The Labute approximate surface area is 185 Å². The zero-order chi connectivity index (χ0) is 22.1. The first-order chi connectivity index (χ1) is 14.7. The van der Waals surface area contributed by atoms with E-state index < -0.39 is 0 Å². The number of piperidine rings is 1. The second-order valence-corrected chi connectivity index (χ2v) is 9.93.